The normalized spacial score (nSPS) is 29.9. The molecule has 0 aromatic heterocycles. The van der Waals surface area contributed by atoms with Crippen molar-refractivity contribution in [3.8, 4) is 0 Å². The van der Waals surface area contributed by atoms with E-state index < -0.39 is 0 Å². The van der Waals surface area contributed by atoms with Gasteiger partial charge in [-0.1, -0.05) is 6.42 Å². The van der Waals surface area contributed by atoms with Gasteiger partial charge in [0, 0.05) is 18.5 Å². The molecule has 1 aliphatic heterocycles. The first-order valence-corrected chi connectivity index (χ1v) is 8.42. The molecule has 0 spiro atoms. The van der Waals surface area contributed by atoms with Gasteiger partial charge in [0.15, 0.2) is 0 Å². The number of hydrogen-bond donors (Lipinski definition) is 2. The van der Waals surface area contributed by atoms with E-state index in [1.807, 2.05) is 0 Å². The van der Waals surface area contributed by atoms with Crippen molar-refractivity contribution in [2.45, 2.75) is 57.9 Å². The summed E-state index contributed by atoms with van der Waals surface area (Å²) in [5.74, 6) is 1.14. The van der Waals surface area contributed by atoms with Gasteiger partial charge < -0.3 is 16.0 Å². The molecule has 1 heterocycles. The lowest BCUT2D eigenvalue weighted by Crippen LogP contribution is -2.46. The van der Waals surface area contributed by atoms with Gasteiger partial charge in [0.25, 0.3) is 0 Å². The van der Waals surface area contributed by atoms with E-state index in [1.54, 1.807) is 0 Å². The molecule has 1 saturated carbocycles. The highest BCUT2D eigenvalue weighted by atomic mass is 16.1. The zero-order valence-electron chi connectivity index (χ0n) is 12.9. The second-order valence-electron chi connectivity index (χ2n) is 6.72. The molecule has 20 heavy (non-hydrogen) atoms. The molecule has 1 amide bonds. The van der Waals surface area contributed by atoms with Crippen LogP contribution < -0.4 is 11.1 Å². The Morgan fingerprint density at radius 2 is 1.85 bits per heavy atom. The van der Waals surface area contributed by atoms with E-state index in [0.717, 1.165) is 38.8 Å². The first kappa shape index (κ1) is 15.8. The zero-order chi connectivity index (χ0) is 14.4. The number of hydrogen-bond acceptors (Lipinski definition) is 3. The Morgan fingerprint density at radius 1 is 1.20 bits per heavy atom. The van der Waals surface area contributed by atoms with Crippen molar-refractivity contribution < 1.29 is 4.79 Å². The number of carbonyl (C=O) groups is 1. The van der Waals surface area contributed by atoms with Crippen molar-refractivity contribution in [1.82, 2.24) is 10.2 Å². The minimum atomic E-state index is 0.224. The lowest BCUT2D eigenvalue weighted by atomic mass is 9.81. The molecule has 0 aromatic carbocycles. The Bertz CT molecular complexity index is 294. The van der Waals surface area contributed by atoms with E-state index in [0.29, 0.717) is 5.92 Å². The lowest BCUT2D eigenvalue weighted by Gasteiger charge is -2.31. The van der Waals surface area contributed by atoms with Crippen molar-refractivity contribution in [2.75, 3.05) is 26.2 Å². The van der Waals surface area contributed by atoms with Crippen LogP contribution in [0.2, 0.25) is 0 Å². The Balaban J connectivity index is 1.68. The van der Waals surface area contributed by atoms with Gasteiger partial charge in [-0.05, 0) is 71.0 Å². The number of piperidine rings is 1. The highest BCUT2D eigenvalue weighted by molar-refractivity contribution is 5.79. The highest BCUT2D eigenvalue weighted by Crippen LogP contribution is 2.28. The minimum Gasteiger partial charge on any atom is -0.352 e. The number of likely N-dealkylation sites (tertiary alicyclic amines) is 1. The van der Waals surface area contributed by atoms with Gasteiger partial charge in [0.2, 0.25) is 5.91 Å². The molecule has 2 fully saturated rings. The molecular weight excluding hydrogens is 250 g/mol. The maximum Gasteiger partial charge on any atom is 0.223 e. The fourth-order valence-electron chi connectivity index (χ4n) is 3.60. The number of rotatable bonds is 5. The molecular formula is C16H31N3O. The Kier molecular flexibility index (Phi) is 6.30. The number of nitrogens with zero attached hydrogens (tertiary/aromatic N) is 1. The van der Waals surface area contributed by atoms with Crippen LogP contribution in [0.25, 0.3) is 0 Å². The zero-order valence-corrected chi connectivity index (χ0v) is 12.9. The third kappa shape index (κ3) is 4.74. The van der Waals surface area contributed by atoms with Crippen LogP contribution in [0.3, 0.4) is 0 Å². The van der Waals surface area contributed by atoms with E-state index in [9.17, 15) is 4.79 Å². The summed E-state index contributed by atoms with van der Waals surface area (Å²) in [6, 6.07) is 0.271. The smallest absolute Gasteiger partial charge is 0.223 e. The van der Waals surface area contributed by atoms with Gasteiger partial charge >= 0.3 is 0 Å². The van der Waals surface area contributed by atoms with Crippen molar-refractivity contribution in [1.29, 1.82) is 0 Å². The molecule has 0 aromatic rings. The van der Waals surface area contributed by atoms with Crippen molar-refractivity contribution in [3.63, 3.8) is 0 Å². The van der Waals surface area contributed by atoms with E-state index in [4.69, 9.17) is 5.73 Å². The third-order valence-electron chi connectivity index (χ3n) is 4.92. The molecule has 116 valence electrons. The summed E-state index contributed by atoms with van der Waals surface area (Å²) in [7, 11) is 0. The fourth-order valence-corrected chi connectivity index (χ4v) is 3.60. The molecule has 4 heteroatoms. The molecule has 1 aliphatic carbocycles. The quantitative estimate of drug-likeness (QED) is 0.807. The molecule has 0 bridgehead atoms. The Morgan fingerprint density at radius 3 is 2.45 bits per heavy atom. The van der Waals surface area contributed by atoms with E-state index >= 15 is 0 Å². The third-order valence-corrected chi connectivity index (χ3v) is 4.92. The average Bonchev–Trinajstić information content (AvgIpc) is 2.48. The maximum absolute atomic E-state index is 12.3. The molecule has 0 radical (unpaired) electrons. The SMILES string of the molecule is CC(CN1CCCCC1)NC(=O)C1CCC(CN)CC1. The summed E-state index contributed by atoms with van der Waals surface area (Å²) in [5, 5.41) is 3.22. The second-order valence-corrected chi connectivity index (χ2v) is 6.72. The number of amides is 1. The summed E-state index contributed by atoms with van der Waals surface area (Å²) in [4.78, 5) is 14.8. The predicted octanol–water partition coefficient (Wildman–Crippen LogP) is 1.74. The second kappa shape index (κ2) is 7.99. The number of nitrogens with one attached hydrogen (secondary N) is 1. The number of carbonyl (C=O) groups excluding carboxylic acids is 1. The molecule has 1 unspecified atom stereocenters. The maximum atomic E-state index is 12.3. The first-order chi connectivity index (χ1) is 9.69. The van der Waals surface area contributed by atoms with Gasteiger partial charge in [-0.2, -0.15) is 0 Å². The summed E-state index contributed by atoms with van der Waals surface area (Å²) < 4.78 is 0. The van der Waals surface area contributed by atoms with Gasteiger partial charge in [-0.3, -0.25) is 4.79 Å². The van der Waals surface area contributed by atoms with Crippen molar-refractivity contribution in [2.24, 2.45) is 17.6 Å². The average molecular weight is 281 g/mol. The largest absolute Gasteiger partial charge is 0.352 e. The van der Waals surface area contributed by atoms with Gasteiger partial charge in [0.05, 0.1) is 0 Å². The summed E-state index contributed by atoms with van der Waals surface area (Å²) >= 11 is 0. The fraction of sp³-hybridized carbons (Fsp3) is 0.938. The molecule has 1 atom stereocenters. The summed E-state index contributed by atoms with van der Waals surface area (Å²) in [6.07, 6.45) is 8.26. The highest BCUT2D eigenvalue weighted by Gasteiger charge is 2.26. The van der Waals surface area contributed by atoms with E-state index in [2.05, 4.69) is 17.1 Å². The van der Waals surface area contributed by atoms with Gasteiger partial charge in [-0.15, -0.1) is 0 Å². The number of nitrogens with two attached hydrogens (primary N) is 1. The standard InChI is InChI=1S/C16H31N3O/c1-13(12-19-9-3-2-4-10-19)18-16(20)15-7-5-14(11-17)6-8-15/h13-15H,2-12,17H2,1H3,(H,18,20). The van der Waals surface area contributed by atoms with Gasteiger partial charge in [-0.25, -0.2) is 0 Å². The van der Waals surface area contributed by atoms with Crippen molar-refractivity contribution in [3.05, 3.63) is 0 Å². The van der Waals surface area contributed by atoms with Crippen LogP contribution in [-0.2, 0) is 4.79 Å². The Labute approximate surface area is 123 Å². The molecule has 2 aliphatic rings. The van der Waals surface area contributed by atoms with E-state index in [-0.39, 0.29) is 17.9 Å². The first-order valence-electron chi connectivity index (χ1n) is 8.42. The van der Waals surface area contributed by atoms with Crippen LogP contribution in [-0.4, -0.2) is 43.0 Å². The van der Waals surface area contributed by atoms with Crippen molar-refractivity contribution >= 4 is 5.91 Å². The monoisotopic (exact) mass is 281 g/mol. The summed E-state index contributed by atoms with van der Waals surface area (Å²) in [5.41, 5.74) is 5.70. The molecule has 1 saturated heterocycles. The van der Waals surface area contributed by atoms with Crippen LogP contribution in [0, 0.1) is 11.8 Å². The molecule has 4 nitrogen and oxygen atoms in total. The van der Waals surface area contributed by atoms with Crippen LogP contribution in [0.4, 0.5) is 0 Å². The summed E-state index contributed by atoms with van der Waals surface area (Å²) in [6.45, 7) is 6.31. The minimum absolute atomic E-state index is 0.224. The Hall–Kier alpha value is -0.610. The molecule has 3 N–H and O–H groups in total. The van der Waals surface area contributed by atoms with Crippen LogP contribution in [0.15, 0.2) is 0 Å². The van der Waals surface area contributed by atoms with Crippen LogP contribution in [0.5, 0.6) is 0 Å². The lowest BCUT2D eigenvalue weighted by molar-refractivity contribution is -0.127. The van der Waals surface area contributed by atoms with Gasteiger partial charge in [0.1, 0.15) is 0 Å². The predicted molar refractivity (Wildman–Crippen MR) is 82.4 cm³/mol. The van der Waals surface area contributed by atoms with Crippen LogP contribution >= 0.6 is 0 Å². The van der Waals surface area contributed by atoms with E-state index in [1.165, 1.54) is 32.4 Å². The van der Waals surface area contributed by atoms with Crippen LogP contribution in [0.1, 0.15) is 51.9 Å². The topological polar surface area (TPSA) is 58.4 Å². The molecule has 2 rings (SSSR count).